The van der Waals surface area contributed by atoms with E-state index in [1.165, 1.54) is 11.8 Å². The predicted octanol–water partition coefficient (Wildman–Crippen LogP) is 6.09. The van der Waals surface area contributed by atoms with Gasteiger partial charge in [0.05, 0.1) is 17.1 Å². The number of alkyl halides is 3. The SMILES string of the molecule is C#CCN(C)CCC(CSc1ccccc1)Nc1ccc(S(=O)(=O)NC(=O)c2ccc(-c3ccc(F)cc3)c(S(=O)(=O)F)c2)cc1S(=O)(=O)C(F)(F)F. The summed E-state index contributed by atoms with van der Waals surface area (Å²) in [6, 6.07) is 16.7. The van der Waals surface area contributed by atoms with Crippen molar-refractivity contribution in [2.75, 3.05) is 31.2 Å². The molecule has 0 aliphatic rings. The van der Waals surface area contributed by atoms with Gasteiger partial charge in [0.2, 0.25) is 0 Å². The van der Waals surface area contributed by atoms with E-state index in [4.69, 9.17) is 6.42 Å². The Hall–Kier alpha value is -4.48. The minimum atomic E-state index is -6.19. The number of thioether (sulfide) groups is 1. The Kier molecular flexibility index (Phi) is 13.0. The highest BCUT2D eigenvalue weighted by Gasteiger charge is 2.48. The third kappa shape index (κ3) is 10.6. The quantitative estimate of drug-likeness (QED) is 0.0626. The molecule has 2 N–H and O–H groups in total. The zero-order valence-electron chi connectivity index (χ0n) is 27.5. The predicted molar refractivity (Wildman–Crippen MR) is 190 cm³/mol. The van der Waals surface area contributed by atoms with Crippen LogP contribution >= 0.6 is 11.8 Å². The van der Waals surface area contributed by atoms with Gasteiger partial charge in [0, 0.05) is 34.4 Å². The fourth-order valence-corrected chi connectivity index (χ4v) is 8.58. The van der Waals surface area contributed by atoms with Gasteiger partial charge in [-0.2, -0.15) is 21.6 Å². The van der Waals surface area contributed by atoms with Crippen LogP contribution in [-0.2, 0) is 30.1 Å². The lowest BCUT2D eigenvalue weighted by molar-refractivity contribution is -0.0435. The van der Waals surface area contributed by atoms with Crippen molar-refractivity contribution < 1.29 is 51.5 Å². The molecule has 4 aromatic carbocycles. The molecule has 4 aromatic rings. The molecular formula is C34H30F5N3O7S4. The zero-order valence-corrected chi connectivity index (χ0v) is 30.7. The van der Waals surface area contributed by atoms with Crippen LogP contribution in [-0.4, -0.2) is 73.5 Å². The molecular weight excluding hydrogens is 786 g/mol. The summed E-state index contributed by atoms with van der Waals surface area (Å²) in [5.74, 6) is 0.495. The smallest absolute Gasteiger partial charge is 0.380 e. The summed E-state index contributed by atoms with van der Waals surface area (Å²) in [6.45, 7) is 0.612. The van der Waals surface area contributed by atoms with E-state index in [-0.39, 0.29) is 35.9 Å². The number of terminal acetylenes is 1. The van der Waals surface area contributed by atoms with Gasteiger partial charge in [-0.3, -0.25) is 9.69 Å². The van der Waals surface area contributed by atoms with Gasteiger partial charge in [-0.25, -0.2) is 25.9 Å². The lowest BCUT2D eigenvalue weighted by Gasteiger charge is -2.24. The number of benzene rings is 4. The minimum Gasteiger partial charge on any atom is -0.380 e. The molecule has 1 amide bonds. The van der Waals surface area contributed by atoms with Crippen LogP contribution in [0.25, 0.3) is 11.1 Å². The molecule has 0 aliphatic heterocycles. The molecule has 0 saturated carbocycles. The number of hydrogen-bond acceptors (Lipinski definition) is 10. The number of carbonyl (C=O) groups is 1. The summed E-state index contributed by atoms with van der Waals surface area (Å²) < 4.78 is 147. The van der Waals surface area contributed by atoms with Crippen LogP contribution in [0.2, 0.25) is 0 Å². The Balaban J connectivity index is 1.69. The largest absolute Gasteiger partial charge is 0.501 e. The Morgan fingerprint density at radius 1 is 0.906 bits per heavy atom. The fraction of sp³-hybridized carbons (Fsp3) is 0.206. The maximum absolute atomic E-state index is 14.3. The average Bonchev–Trinajstić information content (AvgIpc) is 3.09. The van der Waals surface area contributed by atoms with Crippen molar-refractivity contribution in [2.24, 2.45) is 0 Å². The second-order valence-electron chi connectivity index (χ2n) is 11.4. The van der Waals surface area contributed by atoms with Gasteiger partial charge in [-0.15, -0.1) is 22.1 Å². The number of nitrogens with zero attached hydrogens (tertiary/aromatic N) is 1. The summed E-state index contributed by atoms with van der Waals surface area (Å²) in [7, 11) is -15.2. The molecule has 0 aliphatic carbocycles. The molecule has 0 radical (unpaired) electrons. The van der Waals surface area contributed by atoms with Gasteiger partial charge < -0.3 is 5.32 Å². The number of nitrogens with one attached hydrogen (secondary N) is 2. The Bertz CT molecular complexity index is 2340. The van der Waals surface area contributed by atoms with Gasteiger partial charge in [0.15, 0.2) is 0 Å². The zero-order chi connectivity index (χ0) is 39.2. The molecule has 0 aromatic heterocycles. The molecule has 0 spiro atoms. The third-order valence-corrected chi connectivity index (χ3v) is 12.4. The summed E-state index contributed by atoms with van der Waals surface area (Å²) in [4.78, 5) is 12.0. The van der Waals surface area contributed by atoms with E-state index in [1.807, 2.05) is 0 Å². The normalized spacial score (nSPS) is 12.9. The first-order chi connectivity index (χ1) is 24.7. The van der Waals surface area contributed by atoms with Crippen LogP contribution in [0.3, 0.4) is 0 Å². The van der Waals surface area contributed by atoms with E-state index >= 15 is 0 Å². The van der Waals surface area contributed by atoms with E-state index in [1.54, 1.807) is 47.0 Å². The van der Waals surface area contributed by atoms with E-state index in [0.717, 1.165) is 53.4 Å². The second-order valence-corrected chi connectivity index (χ2v) is 17.4. The molecule has 0 saturated heterocycles. The molecule has 0 fully saturated rings. The molecule has 282 valence electrons. The fourth-order valence-electron chi connectivity index (χ4n) is 4.85. The highest BCUT2D eigenvalue weighted by atomic mass is 32.3. The standard InChI is InChI=1S/C34H30F5N3O7S4/c1-3-18-42(2)19-17-26(22-50-27-7-5-4-6-8-27)40-30-16-14-28(21-32(30)51(44,45)34(36,37)38)53(48,49)41-33(43)24-11-15-29(31(20-24)52(39,46)47)23-9-12-25(35)13-10-23/h1,4-16,20-21,26,40H,17-19,22H2,2H3,(H,41,43). The molecule has 10 nitrogen and oxygen atoms in total. The van der Waals surface area contributed by atoms with Crippen molar-refractivity contribution in [2.45, 2.75) is 37.6 Å². The van der Waals surface area contributed by atoms with Gasteiger partial charge >= 0.3 is 15.7 Å². The number of halogens is 5. The summed E-state index contributed by atoms with van der Waals surface area (Å²) in [5, 5.41) is 2.81. The van der Waals surface area contributed by atoms with Crippen molar-refractivity contribution in [1.29, 1.82) is 0 Å². The Morgan fingerprint density at radius 2 is 1.57 bits per heavy atom. The van der Waals surface area contributed by atoms with Crippen molar-refractivity contribution in [3.05, 3.63) is 102 Å². The average molecular weight is 816 g/mol. The first-order valence-electron chi connectivity index (χ1n) is 15.2. The number of rotatable bonds is 15. The number of amides is 1. The van der Waals surface area contributed by atoms with E-state index in [2.05, 4.69) is 11.2 Å². The van der Waals surface area contributed by atoms with Crippen molar-refractivity contribution in [3.63, 3.8) is 0 Å². The van der Waals surface area contributed by atoms with Gasteiger partial charge in [-0.1, -0.05) is 42.3 Å². The summed E-state index contributed by atoms with van der Waals surface area (Å²) in [5.41, 5.74) is -7.39. The third-order valence-electron chi connectivity index (χ3n) is 7.52. The van der Waals surface area contributed by atoms with Crippen molar-refractivity contribution in [3.8, 4) is 23.5 Å². The van der Waals surface area contributed by atoms with Crippen LogP contribution in [0.1, 0.15) is 16.8 Å². The molecule has 1 atom stereocenters. The van der Waals surface area contributed by atoms with Crippen LogP contribution in [0.15, 0.2) is 111 Å². The van der Waals surface area contributed by atoms with Crippen LogP contribution in [0.4, 0.5) is 27.1 Å². The number of hydrogen-bond donors (Lipinski definition) is 2. The number of carbonyl (C=O) groups excluding carboxylic acids is 1. The monoisotopic (exact) mass is 815 g/mol. The van der Waals surface area contributed by atoms with E-state index < -0.39 is 79.3 Å². The van der Waals surface area contributed by atoms with Gasteiger partial charge in [-0.05, 0) is 73.6 Å². The molecule has 1 unspecified atom stereocenters. The van der Waals surface area contributed by atoms with Crippen molar-refractivity contribution in [1.82, 2.24) is 9.62 Å². The molecule has 0 heterocycles. The van der Waals surface area contributed by atoms with Gasteiger partial charge in [0.25, 0.3) is 25.8 Å². The Morgan fingerprint density at radius 3 is 2.17 bits per heavy atom. The first kappa shape index (κ1) is 41.3. The van der Waals surface area contributed by atoms with Gasteiger partial charge in [0.1, 0.15) is 15.6 Å². The topological polar surface area (TPSA) is 147 Å². The van der Waals surface area contributed by atoms with Crippen molar-refractivity contribution >= 4 is 53.4 Å². The molecule has 19 heteroatoms. The maximum Gasteiger partial charge on any atom is 0.501 e. The number of sulfone groups is 1. The lowest BCUT2D eigenvalue weighted by atomic mass is 10.0. The van der Waals surface area contributed by atoms with Crippen LogP contribution in [0.5, 0.6) is 0 Å². The lowest BCUT2D eigenvalue weighted by Crippen LogP contribution is -2.32. The highest BCUT2D eigenvalue weighted by molar-refractivity contribution is 7.99. The Labute approximate surface area is 308 Å². The summed E-state index contributed by atoms with van der Waals surface area (Å²) >= 11 is 1.33. The molecule has 53 heavy (non-hydrogen) atoms. The summed E-state index contributed by atoms with van der Waals surface area (Å²) in [6.07, 6.45) is 5.64. The number of sulfonamides is 1. The second kappa shape index (κ2) is 16.7. The highest BCUT2D eigenvalue weighted by Crippen LogP contribution is 2.37. The minimum absolute atomic E-state index is 0.0368. The first-order valence-corrected chi connectivity index (χ1v) is 20.5. The number of anilines is 1. The van der Waals surface area contributed by atoms with Crippen LogP contribution < -0.4 is 10.0 Å². The molecule has 0 bridgehead atoms. The van der Waals surface area contributed by atoms with Crippen LogP contribution in [0, 0.1) is 18.2 Å². The van der Waals surface area contributed by atoms with E-state index in [9.17, 15) is 51.5 Å². The van der Waals surface area contributed by atoms with E-state index in [0.29, 0.717) is 12.6 Å². The molecule has 4 rings (SSSR count). The maximum atomic E-state index is 14.3.